The van der Waals surface area contributed by atoms with Crippen LogP contribution in [0, 0.1) is 0 Å². The van der Waals surface area contributed by atoms with Crippen molar-refractivity contribution in [3.63, 3.8) is 0 Å². The molecule has 0 N–H and O–H groups in total. The van der Waals surface area contributed by atoms with E-state index in [0.29, 0.717) is 0 Å². The molecule has 0 radical (unpaired) electrons. The molecule has 7 aromatic rings. The normalized spacial score (nSPS) is 13.4. The molecule has 1 aliphatic rings. The number of hydrogen-bond donors (Lipinski definition) is 0. The van der Waals surface area contributed by atoms with Crippen molar-refractivity contribution in [1.29, 1.82) is 0 Å². The Morgan fingerprint density at radius 2 is 0.500 bits per heavy atom. The molecule has 8 rings (SSSR count). The molecule has 330 valence electrons. The maximum absolute atomic E-state index is 2.70. The fourth-order valence-corrected chi connectivity index (χ4v) is 13.6. The molecule has 0 saturated heterocycles. The molecule has 0 atom stereocenters. The highest BCUT2D eigenvalue weighted by atomic mass is 15.1. The van der Waals surface area contributed by atoms with Crippen molar-refractivity contribution in [2.24, 2.45) is 0 Å². The molecule has 0 amide bonds. The molecule has 7 aromatic carbocycles. The van der Waals surface area contributed by atoms with Crippen LogP contribution in [0.4, 0.5) is 17.1 Å². The lowest BCUT2D eigenvalue weighted by Gasteiger charge is -2.49. The minimum atomic E-state index is -0.204. The van der Waals surface area contributed by atoms with E-state index >= 15 is 0 Å². The summed E-state index contributed by atoms with van der Waals surface area (Å²) in [7, 11) is 53.9. The third kappa shape index (κ3) is 7.60. The molecule has 0 aromatic heterocycles. The molecular formula is C48H64B23N. The summed E-state index contributed by atoms with van der Waals surface area (Å²) < 4.78 is 0. The molecule has 72 heavy (non-hydrogen) atoms. The van der Waals surface area contributed by atoms with Crippen LogP contribution >= 0.6 is 0 Å². The summed E-state index contributed by atoms with van der Waals surface area (Å²) in [5.74, 6) is 0. The summed E-state index contributed by atoms with van der Waals surface area (Å²) >= 11 is 0. The third-order valence-electron chi connectivity index (χ3n) is 20.9. The first-order valence-corrected chi connectivity index (χ1v) is 26.9. The molecule has 24 heteroatoms. The van der Waals surface area contributed by atoms with Gasteiger partial charge in [0.2, 0.25) is 0 Å². The Bertz CT molecular complexity index is 3300. The van der Waals surface area contributed by atoms with Gasteiger partial charge in [0, 0.05) is 17.1 Å². The number of hydrogen-bond acceptors (Lipinski definition) is 1. The van der Waals surface area contributed by atoms with Crippen LogP contribution < -0.4 is 131 Å². The number of benzene rings is 7. The van der Waals surface area contributed by atoms with E-state index in [-0.39, 0.29) is 10.8 Å². The van der Waals surface area contributed by atoms with Gasteiger partial charge in [-0.05, 0) is 78.6 Å². The molecule has 1 aliphatic carbocycles. The second kappa shape index (κ2) is 18.6. The van der Waals surface area contributed by atoms with Crippen LogP contribution in [-0.2, 0) is 10.8 Å². The summed E-state index contributed by atoms with van der Waals surface area (Å²) in [5, 5.41) is 0. The first-order valence-electron chi connectivity index (χ1n) is 26.9. The fourth-order valence-electron chi connectivity index (χ4n) is 13.6. The van der Waals surface area contributed by atoms with Crippen molar-refractivity contribution in [2.45, 2.75) is 38.5 Å². The van der Waals surface area contributed by atoms with Gasteiger partial charge in [-0.15, -0.1) is 49.2 Å². The van der Waals surface area contributed by atoms with E-state index in [4.69, 9.17) is 0 Å². The highest BCUT2D eigenvalue weighted by Gasteiger charge is 2.46. The van der Waals surface area contributed by atoms with Crippen LogP contribution in [0.25, 0.3) is 44.5 Å². The Hall–Kier alpha value is -4.17. The lowest BCUT2D eigenvalue weighted by molar-refractivity contribution is 0.299. The lowest BCUT2D eigenvalue weighted by atomic mass is 9.54. The Morgan fingerprint density at radius 3 is 0.806 bits per heavy atom. The van der Waals surface area contributed by atoms with E-state index in [0.717, 1.165) is 0 Å². The molecule has 0 spiro atoms. The largest absolute Gasteiger partial charge is 0.313 e. The molecule has 0 unspecified atom stereocenters. The molecule has 0 saturated carbocycles. The molecule has 0 aliphatic heterocycles. The number of anilines is 3. The van der Waals surface area contributed by atoms with Gasteiger partial charge < -0.3 is 4.90 Å². The van der Waals surface area contributed by atoms with Gasteiger partial charge in [-0.1, -0.05) is 128 Å². The second-order valence-corrected chi connectivity index (χ2v) is 24.0. The van der Waals surface area contributed by atoms with Gasteiger partial charge >= 0.3 is 0 Å². The predicted octanol–water partition coefficient (Wildman–Crippen LogP) is -26.7. The topological polar surface area (TPSA) is 3.24 Å². The van der Waals surface area contributed by atoms with Crippen LogP contribution in [0.15, 0.2) is 36.4 Å². The zero-order valence-electron chi connectivity index (χ0n) is 49.9. The van der Waals surface area contributed by atoms with Gasteiger partial charge in [0.1, 0.15) is 180 Å². The van der Waals surface area contributed by atoms with E-state index in [2.05, 4.69) is 249 Å². The van der Waals surface area contributed by atoms with Crippen LogP contribution in [0.1, 0.15) is 38.8 Å². The highest BCUT2D eigenvalue weighted by Crippen LogP contribution is 2.55. The third-order valence-corrected chi connectivity index (χ3v) is 20.9. The Morgan fingerprint density at radius 1 is 0.264 bits per heavy atom. The van der Waals surface area contributed by atoms with Crippen molar-refractivity contribution in [2.75, 3.05) is 4.90 Å². The van der Waals surface area contributed by atoms with Crippen molar-refractivity contribution < 1.29 is 0 Å². The van der Waals surface area contributed by atoms with E-state index in [1.165, 1.54) is 198 Å². The number of rotatable bonds is 6. The second-order valence-electron chi connectivity index (χ2n) is 24.0. The SMILES string of the molecule is Bc1c(B)c(B)c(-c2ccc3c(c2)C(C)(C)C(C)(C)c2cc(N(c4c(B)c(B)c(-c5c(B)c(B)c(B)c(B)c5B)c(B)c4B)c4c(B)c(B)c(-c5c(B)c(B)c(B)c(B)c5B)c(B)c4B)ccc2-3)c(B)c1B. The summed E-state index contributed by atoms with van der Waals surface area (Å²) in [6.07, 6.45) is 0. The van der Waals surface area contributed by atoms with Gasteiger partial charge in [-0.2, -0.15) is 0 Å². The average Bonchev–Trinajstić information content (AvgIpc) is 3.34. The van der Waals surface area contributed by atoms with Gasteiger partial charge in [-0.3, -0.25) is 0 Å². The van der Waals surface area contributed by atoms with Gasteiger partial charge in [0.05, 0.1) is 0 Å². The van der Waals surface area contributed by atoms with E-state index < -0.39 is 0 Å². The quantitative estimate of drug-likeness (QED) is 0.150. The zero-order chi connectivity index (χ0) is 53.6. The Kier molecular flexibility index (Phi) is 14.0. The molecule has 0 bridgehead atoms. The number of fused-ring (bicyclic) bond motifs is 3. The smallest absolute Gasteiger partial charge is 0.141 e. The monoisotopic (exact) mass is 908 g/mol. The van der Waals surface area contributed by atoms with Crippen molar-refractivity contribution in [3.8, 4) is 44.5 Å². The van der Waals surface area contributed by atoms with E-state index in [9.17, 15) is 0 Å². The summed E-state index contributed by atoms with van der Waals surface area (Å²) in [6, 6.07) is 14.9. The summed E-state index contributed by atoms with van der Waals surface area (Å²) in [4.78, 5) is 2.70. The molecule has 0 fully saturated rings. The molecular weight excluding hydrogens is 839 g/mol. The van der Waals surface area contributed by atoms with Crippen LogP contribution in [0.5, 0.6) is 0 Å². The summed E-state index contributed by atoms with van der Waals surface area (Å²) in [5.41, 5.74) is 49.1. The predicted molar refractivity (Wildman–Crippen MR) is 397 cm³/mol. The van der Waals surface area contributed by atoms with E-state index in [1.807, 2.05) is 0 Å². The Labute approximate surface area is 455 Å². The lowest BCUT2D eigenvalue weighted by Crippen LogP contribution is -2.57. The van der Waals surface area contributed by atoms with Crippen LogP contribution in [0.2, 0.25) is 0 Å². The number of nitrogens with zero attached hydrogens (tertiary/aromatic N) is 1. The van der Waals surface area contributed by atoms with Crippen molar-refractivity contribution >= 4 is 323 Å². The molecule has 1 nitrogen and oxygen atoms in total. The summed E-state index contributed by atoms with van der Waals surface area (Å²) in [6.45, 7) is 9.98. The first-order chi connectivity index (χ1) is 33.4. The van der Waals surface area contributed by atoms with Crippen LogP contribution in [-0.4, -0.2) is 180 Å². The van der Waals surface area contributed by atoms with Gasteiger partial charge in [0.15, 0.2) is 0 Å². The van der Waals surface area contributed by atoms with Gasteiger partial charge in [0.25, 0.3) is 0 Å². The molecule has 0 heterocycles. The van der Waals surface area contributed by atoms with Crippen molar-refractivity contribution in [3.05, 3.63) is 47.5 Å². The van der Waals surface area contributed by atoms with Crippen molar-refractivity contribution in [1.82, 2.24) is 0 Å². The van der Waals surface area contributed by atoms with Gasteiger partial charge in [-0.25, -0.2) is 0 Å². The Balaban J connectivity index is 1.46. The van der Waals surface area contributed by atoms with E-state index in [1.54, 1.807) is 0 Å². The highest BCUT2D eigenvalue weighted by molar-refractivity contribution is 6.74. The first kappa shape index (κ1) is 54.1. The average molecular weight is 904 g/mol. The minimum absolute atomic E-state index is 0.174. The minimum Gasteiger partial charge on any atom is -0.313 e. The zero-order valence-corrected chi connectivity index (χ0v) is 49.9. The maximum atomic E-state index is 2.70. The standard InChI is InChI=1S/C48H64B23N/c1-47(2)15-9-11(17-22(49)32(59)38(65)33(60)23(17)50)5-7-13(15)14-8-6-12(10-16(14)48(47,3)4)72(45-41(68)28(55)20(29(56)42(45)69)18-24(51)34(61)39(66)35(62)25(18)52)46-43(70)30(57)21(31(58)44(46)71)19-26(53)36(63)40(67)37(64)27(19)54/h5-10H,49-71H2,1-4H3. The fraction of sp³-hybridized carbons (Fsp3) is 0.125. The van der Waals surface area contributed by atoms with Crippen LogP contribution in [0.3, 0.4) is 0 Å². The maximum Gasteiger partial charge on any atom is 0.141 e.